The number of nitrogens with zero attached hydrogens (tertiary/aromatic N) is 1. The Morgan fingerprint density at radius 1 is 1.40 bits per heavy atom. The number of likely N-dealkylation sites (tertiary alicyclic amines) is 1. The van der Waals surface area contributed by atoms with E-state index in [0.717, 1.165) is 10.0 Å². The number of benzene rings is 1. The SMILES string of the molecule is CC1(C(=O)O)CCN(C(=O)CCc2ccccc2Br)C1. The third kappa shape index (κ3) is 3.20. The zero-order chi connectivity index (χ0) is 14.8. The van der Waals surface area contributed by atoms with E-state index in [2.05, 4.69) is 15.9 Å². The lowest BCUT2D eigenvalue weighted by molar-refractivity contribution is -0.147. The first kappa shape index (κ1) is 15.0. The van der Waals surface area contributed by atoms with Crippen LogP contribution in [0.15, 0.2) is 28.7 Å². The highest BCUT2D eigenvalue weighted by molar-refractivity contribution is 9.10. The number of carbonyl (C=O) groups is 2. The van der Waals surface area contributed by atoms with Crippen molar-refractivity contribution in [1.29, 1.82) is 0 Å². The number of aliphatic carboxylic acids is 1. The molecule has 1 saturated heterocycles. The van der Waals surface area contributed by atoms with Crippen molar-refractivity contribution in [2.24, 2.45) is 5.41 Å². The first-order valence-corrected chi connectivity index (χ1v) is 7.46. The molecule has 0 spiro atoms. The average molecular weight is 340 g/mol. The molecule has 0 aliphatic carbocycles. The summed E-state index contributed by atoms with van der Waals surface area (Å²) in [6.07, 6.45) is 1.61. The Morgan fingerprint density at radius 2 is 2.10 bits per heavy atom. The van der Waals surface area contributed by atoms with Crippen LogP contribution in [0.1, 0.15) is 25.3 Å². The van der Waals surface area contributed by atoms with Crippen LogP contribution in [-0.2, 0) is 16.0 Å². The molecule has 20 heavy (non-hydrogen) atoms. The van der Waals surface area contributed by atoms with Crippen LogP contribution in [0, 0.1) is 5.41 Å². The topological polar surface area (TPSA) is 57.6 Å². The van der Waals surface area contributed by atoms with Crippen LogP contribution in [0.2, 0.25) is 0 Å². The summed E-state index contributed by atoms with van der Waals surface area (Å²) in [5.41, 5.74) is 0.309. The first-order valence-electron chi connectivity index (χ1n) is 6.67. The Balaban J connectivity index is 1.91. The van der Waals surface area contributed by atoms with Crippen LogP contribution in [-0.4, -0.2) is 35.0 Å². The molecule has 1 N–H and O–H groups in total. The number of rotatable bonds is 4. The molecule has 0 saturated carbocycles. The summed E-state index contributed by atoms with van der Waals surface area (Å²) in [6, 6.07) is 7.83. The summed E-state index contributed by atoms with van der Waals surface area (Å²) >= 11 is 3.46. The fraction of sp³-hybridized carbons (Fsp3) is 0.467. The van der Waals surface area contributed by atoms with Gasteiger partial charge in [0.15, 0.2) is 0 Å². The second-order valence-electron chi connectivity index (χ2n) is 5.52. The highest BCUT2D eigenvalue weighted by Crippen LogP contribution is 2.30. The summed E-state index contributed by atoms with van der Waals surface area (Å²) in [4.78, 5) is 25.0. The van der Waals surface area contributed by atoms with Gasteiger partial charge >= 0.3 is 5.97 Å². The van der Waals surface area contributed by atoms with Gasteiger partial charge in [-0.25, -0.2) is 0 Å². The number of halogens is 1. The first-order chi connectivity index (χ1) is 9.42. The number of carbonyl (C=O) groups excluding carboxylic acids is 1. The van der Waals surface area contributed by atoms with E-state index in [0.29, 0.717) is 32.4 Å². The molecule has 1 aliphatic rings. The van der Waals surface area contributed by atoms with Gasteiger partial charge in [0.25, 0.3) is 0 Å². The standard InChI is InChI=1S/C15H18BrNO3/c1-15(14(19)20)8-9-17(10-15)13(18)7-6-11-4-2-3-5-12(11)16/h2-5H,6-10H2,1H3,(H,19,20). The normalized spacial score (nSPS) is 22.0. The fourth-order valence-corrected chi connectivity index (χ4v) is 2.93. The fourth-order valence-electron chi connectivity index (χ4n) is 2.45. The molecule has 1 aliphatic heterocycles. The Kier molecular flexibility index (Phi) is 4.48. The van der Waals surface area contributed by atoms with Gasteiger partial charge in [-0.3, -0.25) is 9.59 Å². The lowest BCUT2D eigenvalue weighted by Crippen LogP contribution is -2.34. The molecule has 5 heteroatoms. The van der Waals surface area contributed by atoms with Crippen molar-refractivity contribution in [3.05, 3.63) is 34.3 Å². The minimum Gasteiger partial charge on any atom is -0.481 e. The van der Waals surface area contributed by atoms with Gasteiger partial charge in [-0.2, -0.15) is 0 Å². The summed E-state index contributed by atoms with van der Waals surface area (Å²) in [5.74, 6) is -0.788. The lowest BCUT2D eigenvalue weighted by atomic mass is 9.90. The summed E-state index contributed by atoms with van der Waals surface area (Å²) in [7, 11) is 0. The molecule has 0 bridgehead atoms. The Labute approximate surface area is 126 Å². The zero-order valence-corrected chi connectivity index (χ0v) is 13.0. The quantitative estimate of drug-likeness (QED) is 0.917. The number of amides is 1. The molecule has 1 heterocycles. The third-order valence-corrected chi connectivity index (χ3v) is 4.68. The largest absolute Gasteiger partial charge is 0.481 e. The zero-order valence-electron chi connectivity index (χ0n) is 11.4. The van der Waals surface area contributed by atoms with E-state index in [1.807, 2.05) is 24.3 Å². The van der Waals surface area contributed by atoms with Crippen molar-refractivity contribution in [2.75, 3.05) is 13.1 Å². The Hall–Kier alpha value is -1.36. The van der Waals surface area contributed by atoms with Crippen LogP contribution < -0.4 is 0 Å². The molecule has 1 aromatic carbocycles. The highest BCUT2D eigenvalue weighted by atomic mass is 79.9. The van der Waals surface area contributed by atoms with Crippen molar-refractivity contribution in [3.63, 3.8) is 0 Å². The number of aryl methyl sites for hydroxylation is 1. The van der Waals surface area contributed by atoms with Crippen molar-refractivity contribution in [2.45, 2.75) is 26.2 Å². The van der Waals surface area contributed by atoms with Crippen LogP contribution in [0.3, 0.4) is 0 Å². The van der Waals surface area contributed by atoms with Crippen LogP contribution in [0.5, 0.6) is 0 Å². The number of carboxylic acids is 1. The highest BCUT2D eigenvalue weighted by Gasteiger charge is 2.41. The second kappa shape index (κ2) is 5.95. The van der Waals surface area contributed by atoms with E-state index in [9.17, 15) is 14.7 Å². The molecule has 1 fully saturated rings. The maximum Gasteiger partial charge on any atom is 0.311 e. The average Bonchev–Trinajstić information content (AvgIpc) is 2.82. The van der Waals surface area contributed by atoms with Crippen molar-refractivity contribution in [3.8, 4) is 0 Å². The number of carboxylic acid groups (broad SMARTS) is 1. The van der Waals surface area contributed by atoms with Gasteiger partial charge in [0.2, 0.25) is 5.91 Å². The van der Waals surface area contributed by atoms with Gasteiger partial charge in [0, 0.05) is 24.0 Å². The van der Waals surface area contributed by atoms with Gasteiger partial charge < -0.3 is 10.0 Å². The molecular formula is C15H18BrNO3. The Bertz CT molecular complexity index is 532. The lowest BCUT2D eigenvalue weighted by Gasteiger charge is -2.20. The molecule has 1 atom stereocenters. The monoisotopic (exact) mass is 339 g/mol. The third-order valence-electron chi connectivity index (χ3n) is 3.91. The molecular weight excluding hydrogens is 322 g/mol. The second-order valence-corrected chi connectivity index (χ2v) is 6.38. The van der Waals surface area contributed by atoms with Gasteiger partial charge in [-0.1, -0.05) is 34.1 Å². The number of hydrogen-bond acceptors (Lipinski definition) is 2. The van der Waals surface area contributed by atoms with Gasteiger partial charge in [0.1, 0.15) is 0 Å². The van der Waals surface area contributed by atoms with Gasteiger partial charge in [-0.15, -0.1) is 0 Å². The van der Waals surface area contributed by atoms with Gasteiger partial charge in [0.05, 0.1) is 5.41 Å². The molecule has 4 nitrogen and oxygen atoms in total. The van der Waals surface area contributed by atoms with Crippen LogP contribution in [0.25, 0.3) is 0 Å². The molecule has 1 aromatic rings. The summed E-state index contributed by atoms with van der Waals surface area (Å²) < 4.78 is 1.00. The van der Waals surface area contributed by atoms with E-state index in [-0.39, 0.29) is 5.91 Å². The van der Waals surface area contributed by atoms with E-state index in [4.69, 9.17) is 0 Å². The van der Waals surface area contributed by atoms with E-state index < -0.39 is 11.4 Å². The molecule has 2 rings (SSSR count). The smallest absolute Gasteiger partial charge is 0.311 e. The van der Waals surface area contributed by atoms with Crippen molar-refractivity contribution >= 4 is 27.8 Å². The van der Waals surface area contributed by atoms with E-state index >= 15 is 0 Å². The summed E-state index contributed by atoms with van der Waals surface area (Å²) in [6.45, 7) is 2.56. The van der Waals surface area contributed by atoms with Crippen molar-refractivity contribution in [1.82, 2.24) is 4.90 Å². The molecule has 108 valence electrons. The maximum atomic E-state index is 12.2. The number of hydrogen-bond donors (Lipinski definition) is 1. The molecule has 0 radical (unpaired) electrons. The maximum absolute atomic E-state index is 12.2. The predicted octanol–water partition coefficient (Wildman–Crippen LogP) is 2.70. The van der Waals surface area contributed by atoms with Gasteiger partial charge in [-0.05, 0) is 31.4 Å². The van der Waals surface area contributed by atoms with E-state index in [1.165, 1.54) is 0 Å². The van der Waals surface area contributed by atoms with E-state index in [1.54, 1.807) is 11.8 Å². The minimum atomic E-state index is -0.821. The molecule has 1 amide bonds. The van der Waals surface area contributed by atoms with Crippen LogP contribution >= 0.6 is 15.9 Å². The predicted molar refractivity (Wildman–Crippen MR) is 79.4 cm³/mol. The minimum absolute atomic E-state index is 0.0331. The Morgan fingerprint density at radius 3 is 2.70 bits per heavy atom. The molecule has 0 aromatic heterocycles. The van der Waals surface area contributed by atoms with Crippen LogP contribution in [0.4, 0.5) is 0 Å². The summed E-state index contributed by atoms with van der Waals surface area (Å²) in [5, 5.41) is 9.17. The molecule has 1 unspecified atom stereocenters. The van der Waals surface area contributed by atoms with Crippen molar-refractivity contribution < 1.29 is 14.7 Å².